The molecule has 2 N–H and O–H groups in total. The number of primary amides is 1. The summed E-state index contributed by atoms with van der Waals surface area (Å²) in [5.74, 6) is 1.07. The zero-order chi connectivity index (χ0) is 23.9. The molecular formula is C26H33N5O3. The molecule has 180 valence electrons. The summed E-state index contributed by atoms with van der Waals surface area (Å²) in [6, 6.07) is 11.9. The van der Waals surface area contributed by atoms with Gasteiger partial charge in [0, 0.05) is 56.2 Å². The molecule has 8 nitrogen and oxygen atoms in total. The number of likely N-dealkylation sites (N-methyl/N-ethyl adjacent to an activating group) is 1. The van der Waals surface area contributed by atoms with Gasteiger partial charge in [0.15, 0.2) is 11.5 Å². The molecule has 1 aliphatic heterocycles. The Hall–Kier alpha value is -3.23. The minimum Gasteiger partial charge on any atom is -0.493 e. The van der Waals surface area contributed by atoms with Crippen molar-refractivity contribution in [3.05, 3.63) is 48.3 Å². The maximum absolute atomic E-state index is 11.0. The molecule has 2 aromatic carbocycles. The van der Waals surface area contributed by atoms with Gasteiger partial charge in [-0.1, -0.05) is 24.3 Å². The highest BCUT2D eigenvalue weighted by Crippen LogP contribution is 2.35. The van der Waals surface area contributed by atoms with Gasteiger partial charge < -0.3 is 25.0 Å². The number of aromatic nitrogens is 2. The summed E-state index contributed by atoms with van der Waals surface area (Å²) >= 11 is 0. The Morgan fingerprint density at radius 1 is 1.06 bits per heavy atom. The molecule has 1 amide bonds. The molecule has 0 aliphatic carbocycles. The molecule has 1 saturated heterocycles. The Morgan fingerprint density at radius 2 is 1.82 bits per heavy atom. The number of aryl methyl sites for hydroxylation is 1. The number of piperazine rings is 1. The van der Waals surface area contributed by atoms with Crippen LogP contribution in [-0.2, 0) is 11.2 Å². The minimum absolute atomic E-state index is 0.296. The van der Waals surface area contributed by atoms with Crippen LogP contribution in [0.2, 0.25) is 0 Å². The highest BCUT2D eigenvalue weighted by atomic mass is 16.5. The largest absolute Gasteiger partial charge is 0.493 e. The van der Waals surface area contributed by atoms with Gasteiger partial charge in [-0.3, -0.25) is 4.79 Å². The van der Waals surface area contributed by atoms with E-state index in [1.807, 2.05) is 36.4 Å². The number of fused-ring (bicyclic) bond motifs is 1. The summed E-state index contributed by atoms with van der Waals surface area (Å²) in [5.41, 5.74) is 8.92. The lowest BCUT2D eigenvalue weighted by molar-refractivity contribution is -0.117. The first-order valence-corrected chi connectivity index (χ1v) is 11.8. The van der Waals surface area contributed by atoms with Crippen LogP contribution in [0, 0.1) is 0 Å². The maximum Gasteiger partial charge on any atom is 0.217 e. The summed E-state index contributed by atoms with van der Waals surface area (Å²) in [7, 11) is 3.82. The molecule has 34 heavy (non-hydrogen) atoms. The summed E-state index contributed by atoms with van der Waals surface area (Å²) in [6.45, 7) is 6.13. The standard InChI is InChI=1S/C26H33N5O3/c1-30-11-13-31(14-12-30)10-3-15-34-24-17-22-21(16-23(24)33-2)26(29-18-28-22)20-7-4-19(5-8-20)6-9-25(27)32/h4-5,7-8,16-18H,3,6,9-15H2,1-2H3,(H2,27,32). The molecule has 4 rings (SSSR count). The normalized spacial score (nSPS) is 14.9. The minimum atomic E-state index is -0.296. The molecule has 8 heteroatoms. The monoisotopic (exact) mass is 463 g/mol. The predicted octanol–water partition coefficient (Wildman–Crippen LogP) is 2.74. The Bertz CT molecular complexity index is 1110. The van der Waals surface area contributed by atoms with Gasteiger partial charge in [0.05, 0.1) is 24.9 Å². The average Bonchev–Trinajstić information content (AvgIpc) is 2.86. The molecule has 3 aromatic rings. The van der Waals surface area contributed by atoms with Gasteiger partial charge in [0.25, 0.3) is 0 Å². The Kier molecular flexibility index (Phi) is 7.92. The SMILES string of the molecule is COc1cc2c(-c3ccc(CCC(N)=O)cc3)ncnc2cc1OCCCN1CCN(C)CC1. The molecule has 0 bridgehead atoms. The third-order valence-corrected chi connectivity index (χ3v) is 6.28. The van der Waals surface area contributed by atoms with Gasteiger partial charge in [0.2, 0.25) is 5.91 Å². The number of hydrogen-bond acceptors (Lipinski definition) is 7. The van der Waals surface area contributed by atoms with Crippen molar-refractivity contribution in [3.63, 3.8) is 0 Å². The number of amides is 1. The van der Waals surface area contributed by atoms with Crippen molar-refractivity contribution in [2.24, 2.45) is 5.73 Å². The van der Waals surface area contributed by atoms with Crippen LogP contribution in [0.5, 0.6) is 11.5 Å². The first kappa shape index (κ1) is 23.9. The number of rotatable bonds is 10. The van der Waals surface area contributed by atoms with Crippen LogP contribution in [0.25, 0.3) is 22.2 Å². The molecular weight excluding hydrogens is 430 g/mol. The van der Waals surface area contributed by atoms with E-state index in [0.717, 1.165) is 66.9 Å². The van der Waals surface area contributed by atoms with E-state index >= 15 is 0 Å². The molecule has 1 fully saturated rings. The molecule has 0 unspecified atom stereocenters. The fourth-order valence-electron chi connectivity index (χ4n) is 4.20. The number of nitrogens with two attached hydrogens (primary N) is 1. The molecule has 0 radical (unpaired) electrons. The third kappa shape index (κ3) is 6.01. The smallest absolute Gasteiger partial charge is 0.217 e. The van der Waals surface area contributed by atoms with Crippen LogP contribution in [0.3, 0.4) is 0 Å². The van der Waals surface area contributed by atoms with Crippen molar-refractivity contribution in [3.8, 4) is 22.8 Å². The van der Waals surface area contributed by atoms with Crippen LogP contribution >= 0.6 is 0 Å². The van der Waals surface area contributed by atoms with Gasteiger partial charge >= 0.3 is 0 Å². The van der Waals surface area contributed by atoms with Crippen molar-refractivity contribution in [2.75, 3.05) is 53.5 Å². The first-order valence-electron chi connectivity index (χ1n) is 11.8. The van der Waals surface area contributed by atoms with E-state index in [2.05, 4.69) is 26.8 Å². The number of methoxy groups -OCH3 is 1. The maximum atomic E-state index is 11.0. The van der Waals surface area contributed by atoms with Crippen molar-refractivity contribution in [1.29, 1.82) is 0 Å². The Morgan fingerprint density at radius 3 is 2.53 bits per heavy atom. The second kappa shape index (κ2) is 11.3. The first-order chi connectivity index (χ1) is 16.5. The van der Waals surface area contributed by atoms with Crippen molar-refractivity contribution >= 4 is 16.8 Å². The summed E-state index contributed by atoms with van der Waals surface area (Å²) < 4.78 is 11.7. The lowest BCUT2D eigenvalue weighted by Gasteiger charge is -2.32. The van der Waals surface area contributed by atoms with E-state index in [1.165, 1.54) is 0 Å². The number of carbonyl (C=O) groups is 1. The van der Waals surface area contributed by atoms with Gasteiger partial charge in [-0.2, -0.15) is 0 Å². The molecule has 0 spiro atoms. The molecule has 1 aromatic heterocycles. The fourth-order valence-corrected chi connectivity index (χ4v) is 4.20. The summed E-state index contributed by atoms with van der Waals surface area (Å²) in [6.07, 6.45) is 3.50. The number of benzene rings is 2. The second-order valence-electron chi connectivity index (χ2n) is 8.75. The zero-order valence-electron chi connectivity index (χ0n) is 20.0. The van der Waals surface area contributed by atoms with E-state index in [0.29, 0.717) is 30.9 Å². The van der Waals surface area contributed by atoms with Crippen LogP contribution in [0.4, 0.5) is 0 Å². The van der Waals surface area contributed by atoms with Crippen molar-refractivity contribution < 1.29 is 14.3 Å². The average molecular weight is 464 g/mol. The zero-order valence-corrected chi connectivity index (χ0v) is 20.0. The van der Waals surface area contributed by atoms with E-state index in [9.17, 15) is 4.79 Å². The lowest BCUT2D eigenvalue weighted by Crippen LogP contribution is -2.44. The summed E-state index contributed by atoms with van der Waals surface area (Å²) in [4.78, 5) is 24.9. The van der Waals surface area contributed by atoms with Crippen LogP contribution in [0.1, 0.15) is 18.4 Å². The van der Waals surface area contributed by atoms with Gasteiger partial charge in [-0.05, 0) is 31.5 Å². The van der Waals surface area contributed by atoms with E-state index < -0.39 is 0 Å². The van der Waals surface area contributed by atoms with E-state index in [1.54, 1.807) is 13.4 Å². The summed E-state index contributed by atoms with van der Waals surface area (Å²) in [5, 5.41) is 0.897. The fraction of sp³-hybridized carbons (Fsp3) is 0.423. The second-order valence-corrected chi connectivity index (χ2v) is 8.75. The molecule has 0 atom stereocenters. The van der Waals surface area contributed by atoms with Gasteiger partial charge in [-0.25, -0.2) is 9.97 Å². The van der Waals surface area contributed by atoms with Crippen molar-refractivity contribution in [2.45, 2.75) is 19.3 Å². The Balaban J connectivity index is 1.46. The highest BCUT2D eigenvalue weighted by molar-refractivity contribution is 5.94. The Labute approximate surface area is 200 Å². The van der Waals surface area contributed by atoms with Crippen molar-refractivity contribution in [1.82, 2.24) is 19.8 Å². The van der Waals surface area contributed by atoms with Crippen LogP contribution in [0.15, 0.2) is 42.7 Å². The quantitative estimate of drug-likeness (QED) is 0.462. The topological polar surface area (TPSA) is 93.8 Å². The van der Waals surface area contributed by atoms with Gasteiger partial charge in [-0.15, -0.1) is 0 Å². The molecule has 2 heterocycles. The lowest BCUT2D eigenvalue weighted by atomic mass is 10.0. The molecule has 0 saturated carbocycles. The third-order valence-electron chi connectivity index (χ3n) is 6.28. The van der Waals surface area contributed by atoms with Crippen LogP contribution < -0.4 is 15.2 Å². The van der Waals surface area contributed by atoms with E-state index in [-0.39, 0.29) is 5.91 Å². The number of nitrogens with zero attached hydrogens (tertiary/aromatic N) is 4. The van der Waals surface area contributed by atoms with E-state index in [4.69, 9.17) is 15.2 Å². The number of hydrogen-bond donors (Lipinski definition) is 1. The number of ether oxygens (including phenoxy) is 2. The predicted molar refractivity (Wildman–Crippen MR) is 133 cm³/mol. The molecule has 1 aliphatic rings. The van der Waals surface area contributed by atoms with Crippen LogP contribution in [-0.4, -0.2) is 79.2 Å². The van der Waals surface area contributed by atoms with Gasteiger partial charge in [0.1, 0.15) is 6.33 Å². The highest BCUT2D eigenvalue weighted by Gasteiger charge is 2.15. The number of carbonyl (C=O) groups excluding carboxylic acids is 1.